The minimum atomic E-state index is -0.628. The zero-order chi connectivity index (χ0) is 17.3. The van der Waals surface area contributed by atoms with E-state index in [0.29, 0.717) is 22.3 Å². The molecule has 0 saturated heterocycles. The number of H-pyrrole nitrogens is 1. The molecule has 0 fully saturated rings. The SMILES string of the molecule is COc1ccc(N(C)C(=O)c2c(O)c3ccccc3[nH]c2=O)cc1. The summed E-state index contributed by atoms with van der Waals surface area (Å²) < 4.78 is 5.08. The monoisotopic (exact) mass is 324 g/mol. The van der Waals surface area contributed by atoms with Crippen molar-refractivity contribution in [3.05, 3.63) is 64.4 Å². The zero-order valence-electron chi connectivity index (χ0n) is 13.2. The lowest BCUT2D eigenvalue weighted by molar-refractivity contribution is 0.0989. The first-order chi connectivity index (χ1) is 11.5. The number of amides is 1. The molecule has 6 heteroatoms. The summed E-state index contributed by atoms with van der Waals surface area (Å²) in [5, 5.41) is 10.8. The Morgan fingerprint density at radius 3 is 2.46 bits per heavy atom. The molecular formula is C18H16N2O4. The quantitative estimate of drug-likeness (QED) is 0.775. The molecule has 2 N–H and O–H groups in total. The number of ether oxygens (including phenoxy) is 1. The van der Waals surface area contributed by atoms with E-state index in [2.05, 4.69) is 4.98 Å². The standard InChI is InChI=1S/C18H16N2O4/c1-20(11-7-9-12(24-2)10-8-11)18(23)15-16(21)13-5-3-4-6-14(13)19-17(15)22/h3-10H,1-2H3,(H2,19,21,22). The van der Waals surface area contributed by atoms with E-state index in [9.17, 15) is 14.7 Å². The Labute approximate surface area is 137 Å². The highest BCUT2D eigenvalue weighted by atomic mass is 16.5. The maximum Gasteiger partial charge on any atom is 0.267 e. The summed E-state index contributed by atoms with van der Waals surface area (Å²) in [6.45, 7) is 0. The number of rotatable bonds is 3. The van der Waals surface area contributed by atoms with E-state index in [1.807, 2.05) is 0 Å². The number of methoxy groups -OCH3 is 1. The van der Waals surface area contributed by atoms with Crippen molar-refractivity contribution in [2.24, 2.45) is 0 Å². The molecule has 24 heavy (non-hydrogen) atoms. The van der Waals surface area contributed by atoms with Crippen molar-refractivity contribution in [1.82, 2.24) is 4.98 Å². The fourth-order valence-electron chi connectivity index (χ4n) is 2.51. The molecule has 1 amide bonds. The van der Waals surface area contributed by atoms with Gasteiger partial charge in [-0.1, -0.05) is 12.1 Å². The number of nitrogens with zero attached hydrogens (tertiary/aromatic N) is 1. The van der Waals surface area contributed by atoms with Gasteiger partial charge in [-0.15, -0.1) is 0 Å². The van der Waals surface area contributed by atoms with Gasteiger partial charge < -0.3 is 19.7 Å². The van der Waals surface area contributed by atoms with Crippen LogP contribution in [0.15, 0.2) is 53.3 Å². The van der Waals surface area contributed by atoms with Gasteiger partial charge in [0.15, 0.2) is 0 Å². The molecule has 1 aromatic heterocycles. The van der Waals surface area contributed by atoms with Crippen molar-refractivity contribution < 1.29 is 14.6 Å². The number of carbonyl (C=O) groups is 1. The third-order valence-electron chi connectivity index (χ3n) is 3.87. The molecule has 122 valence electrons. The summed E-state index contributed by atoms with van der Waals surface area (Å²) in [4.78, 5) is 28.9. The second kappa shape index (κ2) is 6.08. The van der Waals surface area contributed by atoms with E-state index in [1.54, 1.807) is 55.6 Å². The minimum absolute atomic E-state index is 0.285. The van der Waals surface area contributed by atoms with Gasteiger partial charge >= 0.3 is 0 Å². The predicted molar refractivity (Wildman–Crippen MR) is 92.0 cm³/mol. The smallest absolute Gasteiger partial charge is 0.267 e. The lowest BCUT2D eigenvalue weighted by atomic mass is 10.1. The number of hydrogen-bond acceptors (Lipinski definition) is 4. The number of para-hydroxylation sites is 1. The van der Waals surface area contributed by atoms with Crippen molar-refractivity contribution in [2.75, 3.05) is 19.1 Å². The van der Waals surface area contributed by atoms with E-state index in [-0.39, 0.29) is 11.3 Å². The molecule has 3 aromatic rings. The number of anilines is 1. The molecule has 0 atom stereocenters. The molecule has 2 aromatic carbocycles. The average Bonchev–Trinajstić information content (AvgIpc) is 2.61. The Balaban J connectivity index is 2.05. The molecule has 0 saturated carbocycles. The van der Waals surface area contributed by atoms with Gasteiger partial charge in [-0.05, 0) is 36.4 Å². The molecule has 0 bridgehead atoms. The van der Waals surface area contributed by atoms with Crippen LogP contribution in [0.25, 0.3) is 10.9 Å². The number of benzene rings is 2. The number of nitrogens with one attached hydrogen (secondary N) is 1. The third kappa shape index (κ3) is 2.58. The largest absolute Gasteiger partial charge is 0.506 e. The lowest BCUT2D eigenvalue weighted by Crippen LogP contribution is -2.31. The van der Waals surface area contributed by atoms with Gasteiger partial charge in [-0.2, -0.15) is 0 Å². The van der Waals surface area contributed by atoms with Gasteiger partial charge in [0, 0.05) is 18.1 Å². The molecule has 3 rings (SSSR count). The van der Waals surface area contributed by atoms with Crippen LogP contribution >= 0.6 is 0 Å². The summed E-state index contributed by atoms with van der Waals surface area (Å²) in [5.74, 6) is -0.254. The van der Waals surface area contributed by atoms with Crippen molar-refractivity contribution in [3.63, 3.8) is 0 Å². The normalized spacial score (nSPS) is 10.6. The summed E-state index contributed by atoms with van der Waals surface area (Å²) in [6, 6.07) is 13.6. The molecule has 0 spiro atoms. The van der Waals surface area contributed by atoms with Gasteiger partial charge in [-0.3, -0.25) is 9.59 Å². The number of aromatic nitrogens is 1. The predicted octanol–water partition coefficient (Wildman–Crippen LogP) is 2.52. The van der Waals surface area contributed by atoms with Crippen LogP contribution in [0.5, 0.6) is 11.5 Å². The Bertz CT molecular complexity index is 961. The van der Waals surface area contributed by atoms with E-state index >= 15 is 0 Å². The number of fused-ring (bicyclic) bond motifs is 1. The highest BCUT2D eigenvalue weighted by Gasteiger charge is 2.23. The molecule has 1 heterocycles. The summed E-state index contributed by atoms with van der Waals surface area (Å²) in [6.07, 6.45) is 0. The van der Waals surface area contributed by atoms with Crippen molar-refractivity contribution in [2.45, 2.75) is 0 Å². The van der Waals surface area contributed by atoms with Crippen LogP contribution < -0.4 is 15.2 Å². The van der Waals surface area contributed by atoms with Gasteiger partial charge in [-0.25, -0.2) is 0 Å². The van der Waals surface area contributed by atoms with Gasteiger partial charge in [0.25, 0.3) is 11.5 Å². The first-order valence-corrected chi connectivity index (χ1v) is 7.29. The van der Waals surface area contributed by atoms with E-state index in [0.717, 1.165) is 0 Å². The molecular weight excluding hydrogens is 308 g/mol. The van der Waals surface area contributed by atoms with Crippen molar-refractivity contribution >= 4 is 22.5 Å². The molecule has 0 aliphatic heterocycles. The molecule has 0 aliphatic carbocycles. The number of aromatic amines is 1. The van der Waals surface area contributed by atoms with Crippen molar-refractivity contribution in [1.29, 1.82) is 0 Å². The van der Waals surface area contributed by atoms with Gasteiger partial charge in [0.1, 0.15) is 17.1 Å². The fraction of sp³-hybridized carbons (Fsp3) is 0.111. The average molecular weight is 324 g/mol. The van der Waals surface area contributed by atoms with E-state index in [1.165, 1.54) is 11.9 Å². The third-order valence-corrected chi connectivity index (χ3v) is 3.87. The number of pyridine rings is 1. The maximum absolute atomic E-state index is 12.7. The molecule has 0 unspecified atom stereocenters. The van der Waals surface area contributed by atoms with Crippen LogP contribution in [0.2, 0.25) is 0 Å². The number of aromatic hydroxyl groups is 1. The van der Waals surface area contributed by atoms with Crippen LogP contribution in [0.1, 0.15) is 10.4 Å². The number of carbonyl (C=O) groups excluding carboxylic acids is 1. The number of hydrogen-bond donors (Lipinski definition) is 2. The molecule has 6 nitrogen and oxygen atoms in total. The van der Waals surface area contributed by atoms with E-state index in [4.69, 9.17) is 4.74 Å². The second-order valence-corrected chi connectivity index (χ2v) is 5.29. The summed E-state index contributed by atoms with van der Waals surface area (Å²) >= 11 is 0. The fourth-order valence-corrected chi connectivity index (χ4v) is 2.51. The van der Waals surface area contributed by atoms with Crippen LogP contribution in [-0.4, -0.2) is 30.2 Å². The zero-order valence-corrected chi connectivity index (χ0v) is 13.2. The van der Waals surface area contributed by atoms with Crippen LogP contribution in [-0.2, 0) is 0 Å². The lowest BCUT2D eigenvalue weighted by Gasteiger charge is -2.18. The topological polar surface area (TPSA) is 82.6 Å². The van der Waals surface area contributed by atoms with Crippen LogP contribution in [0.4, 0.5) is 5.69 Å². The second-order valence-electron chi connectivity index (χ2n) is 5.29. The Morgan fingerprint density at radius 2 is 1.79 bits per heavy atom. The van der Waals surface area contributed by atoms with Gasteiger partial charge in [0.2, 0.25) is 0 Å². The Morgan fingerprint density at radius 1 is 1.12 bits per heavy atom. The van der Waals surface area contributed by atoms with Gasteiger partial charge in [0.05, 0.1) is 12.6 Å². The summed E-state index contributed by atoms with van der Waals surface area (Å²) in [5.41, 5.74) is 0.139. The van der Waals surface area contributed by atoms with E-state index < -0.39 is 11.5 Å². The van der Waals surface area contributed by atoms with Crippen LogP contribution in [0, 0.1) is 0 Å². The minimum Gasteiger partial charge on any atom is -0.506 e. The molecule has 0 radical (unpaired) electrons. The summed E-state index contributed by atoms with van der Waals surface area (Å²) in [7, 11) is 3.09. The Kier molecular flexibility index (Phi) is 3.95. The van der Waals surface area contributed by atoms with Crippen molar-refractivity contribution in [3.8, 4) is 11.5 Å². The Hall–Kier alpha value is -3.28. The first-order valence-electron chi connectivity index (χ1n) is 7.29. The highest BCUT2D eigenvalue weighted by Crippen LogP contribution is 2.27. The maximum atomic E-state index is 12.7. The molecule has 0 aliphatic rings. The first kappa shape index (κ1) is 15.6. The highest BCUT2D eigenvalue weighted by molar-refractivity contribution is 6.10. The van der Waals surface area contributed by atoms with Crippen LogP contribution in [0.3, 0.4) is 0 Å².